The quantitative estimate of drug-likeness (QED) is 0.598. The number of carbonyl (C=O) groups excluding carboxylic acids is 1. The van der Waals surface area contributed by atoms with Crippen molar-refractivity contribution in [2.24, 2.45) is 5.92 Å². The van der Waals surface area contributed by atoms with Gasteiger partial charge < -0.3 is 14.8 Å². The molecule has 0 saturated heterocycles. The van der Waals surface area contributed by atoms with Crippen LogP contribution in [0.1, 0.15) is 55.6 Å². The van der Waals surface area contributed by atoms with E-state index in [0.717, 1.165) is 35.4 Å². The van der Waals surface area contributed by atoms with Crippen LogP contribution in [0.3, 0.4) is 0 Å². The van der Waals surface area contributed by atoms with E-state index in [9.17, 15) is 4.79 Å². The standard InChI is InChI=1S/C23H28N4O3/c1-4-6-7-16(5-2)11-25-23(28)18-12-24-22-19(13-26-27(22)15(18)3)17-8-9-20-21(10-17)30-14-29-20/h8-10,12-13,16H,4-7,11,14H2,1-3H3,(H,25,28)/t16-/m0/s1. The van der Waals surface area contributed by atoms with Crippen LogP contribution in [0.15, 0.2) is 30.6 Å². The first-order valence-corrected chi connectivity index (χ1v) is 10.6. The van der Waals surface area contributed by atoms with Gasteiger partial charge in [-0.05, 0) is 37.0 Å². The molecule has 2 aromatic heterocycles. The molecule has 1 atom stereocenters. The molecule has 0 spiro atoms. The van der Waals surface area contributed by atoms with Crippen molar-refractivity contribution in [3.63, 3.8) is 0 Å². The number of ether oxygens (including phenoxy) is 2. The molecule has 30 heavy (non-hydrogen) atoms. The summed E-state index contributed by atoms with van der Waals surface area (Å²) in [4.78, 5) is 17.3. The molecular formula is C23H28N4O3. The normalized spacial score (nSPS) is 13.6. The predicted molar refractivity (Wildman–Crippen MR) is 115 cm³/mol. The molecule has 0 aliphatic carbocycles. The van der Waals surface area contributed by atoms with Gasteiger partial charge in [-0.1, -0.05) is 39.2 Å². The fraction of sp³-hybridized carbons (Fsp3) is 0.435. The smallest absolute Gasteiger partial charge is 0.254 e. The van der Waals surface area contributed by atoms with Gasteiger partial charge in [-0.15, -0.1) is 0 Å². The van der Waals surface area contributed by atoms with Crippen molar-refractivity contribution in [1.29, 1.82) is 0 Å². The molecule has 0 fully saturated rings. The third-order valence-electron chi connectivity index (χ3n) is 5.79. The number of aryl methyl sites for hydroxylation is 1. The number of hydrogen-bond acceptors (Lipinski definition) is 5. The number of aromatic nitrogens is 3. The second-order valence-electron chi connectivity index (χ2n) is 7.75. The molecule has 1 aliphatic rings. The lowest BCUT2D eigenvalue weighted by molar-refractivity contribution is 0.0944. The fourth-order valence-electron chi connectivity index (χ4n) is 3.81. The van der Waals surface area contributed by atoms with Crippen LogP contribution in [-0.2, 0) is 0 Å². The van der Waals surface area contributed by atoms with Crippen molar-refractivity contribution in [2.75, 3.05) is 13.3 Å². The SMILES string of the molecule is CCCC[C@H](CC)CNC(=O)c1cnc2c(-c3ccc4c(c3)OCO4)cnn2c1C. The average Bonchev–Trinajstić information content (AvgIpc) is 3.40. The summed E-state index contributed by atoms with van der Waals surface area (Å²) in [5.41, 5.74) is 3.85. The second kappa shape index (κ2) is 8.73. The summed E-state index contributed by atoms with van der Waals surface area (Å²) in [5.74, 6) is 1.86. The van der Waals surface area contributed by atoms with E-state index in [-0.39, 0.29) is 12.7 Å². The summed E-state index contributed by atoms with van der Waals surface area (Å²) < 4.78 is 12.6. The molecule has 7 nitrogen and oxygen atoms in total. The maximum absolute atomic E-state index is 12.8. The van der Waals surface area contributed by atoms with Gasteiger partial charge in [-0.3, -0.25) is 4.79 Å². The van der Waals surface area contributed by atoms with Gasteiger partial charge >= 0.3 is 0 Å². The molecule has 1 aromatic carbocycles. The minimum atomic E-state index is -0.100. The summed E-state index contributed by atoms with van der Waals surface area (Å²) in [6.07, 6.45) is 7.99. The number of nitrogens with one attached hydrogen (secondary N) is 1. The van der Waals surface area contributed by atoms with E-state index >= 15 is 0 Å². The van der Waals surface area contributed by atoms with Gasteiger partial charge in [0.25, 0.3) is 5.91 Å². The van der Waals surface area contributed by atoms with E-state index < -0.39 is 0 Å². The summed E-state index contributed by atoms with van der Waals surface area (Å²) in [6, 6.07) is 5.78. The van der Waals surface area contributed by atoms with Crippen molar-refractivity contribution in [2.45, 2.75) is 46.5 Å². The minimum Gasteiger partial charge on any atom is -0.454 e. The molecule has 0 saturated carbocycles. The summed E-state index contributed by atoms with van der Waals surface area (Å²) in [7, 11) is 0. The Hall–Kier alpha value is -3.09. The van der Waals surface area contributed by atoms with Crippen molar-refractivity contribution in [3.8, 4) is 22.6 Å². The highest BCUT2D eigenvalue weighted by Crippen LogP contribution is 2.36. The Morgan fingerprint density at radius 3 is 2.87 bits per heavy atom. The van der Waals surface area contributed by atoms with Gasteiger partial charge in [0, 0.05) is 18.3 Å². The molecule has 1 aliphatic heterocycles. The largest absolute Gasteiger partial charge is 0.454 e. The van der Waals surface area contributed by atoms with Gasteiger partial charge in [0.15, 0.2) is 17.1 Å². The van der Waals surface area contributed by atoms with Crippen LogP contribution in [0.25, 0.3) is 16.8 Å². The monoisotopic (exact) mass is 408 g/mol. The van der Waals surface area contributed by atoms with Crippen molar-refractivity contribution in [3.05, 3.63) is 41.9 Å². The Morgan fingerprint density at radius 2 is 2.07 bits per heavy atom. The molecule has 0 radical (unpaired) electrons. The first-order chi connectivity index (χ1) is 14.6. The minimum absolute atomic E-state index is 0.100. The Morgan fingerprint density at radius 1 is 1.23 bits per heavy atom. The lowest BCUT2D eigenvalue weighted by Crippen LogP contribution is -2.30. The number of benzene rings is 1. The van der Waals surface area contributed by atoms with Crippen molar-refractivity contribution < 1.29 is 14.3 Å². The number of unbranched alkanes of at least 4 members (excludes halogenated alkanes) is 1. The van der Waals surface area contributed by atoms with E-state index in [0.29, 0.717) is 29.4 Å². The average molecular weight is 409 g/mol. The number of amides is 1. The van der Waals surface area contributed by atoms with Crippen LogP contribution in [0, 0.1) is 12.8 Å². The Kier molecular flexibility index (Phi) is 5.88. The van der Waals surface area contributed by atoms with Gasteiger partial charge in [0.05, 0.1) is 17.5 Å². The molecule has 1 amide bonds. The van der Waals surface area contributed by atoms with Crippen molar-refractivity contribution in [1.82, 2.24) is 19.9 Å². The number of carbonyl (C=O) groups is 1. The molecule has 158 valence electrons. The highest BCUT2D eigenvalue weighted by Gasteiger charge is 2.19. The molecule has 0 bridgehead atoms. The summed E-state index contributed by atoms with van der Waals surface area (Å²) in [6.45, 7) is 7.19. The van der Waals surface area contributed by atoms with Crippen LogP contribution in [0.2, 0.25) is 0 Å². The van der Waals surface area contributed by atoms with Gasteiger partial charge in [0.1, 0.15) is 0 Å². The van der Waals surface area contributed by atoms with E-state index in [1.54, 1.807) is 16.9 Å². The van der Waals surface area contributed by atoms with Gasteiger partial charge in [0.2, 0.25) is 6.79 Å². The van der Waals surface area contributed by atoms with E-state index in [2.05, 4.69) is 29.2 Å². The number of hydrogen-bond donors (Lipinski definition) is 1. The third-order valence-corrected chi connectivity index (χ3v) is 5.79. The van der Waals surface area contributed by atoms with Gasteiger partial charge in [-0.2, -0.15) is 5.10 Å². The Labute approximate surface area is 176 Å². The topological polar surface area (TPSA) is 77.8 Å². The van der Waals surface area contributed by atoms with Crippen LogP contribution in [-0.4, -0.2) is 33.8 Å². The maximum Gasteiger partial charge on any atom is 0.254 e. The lowest BCUT2D eigenvalue weighted by Gasteiger charge is -2.16. The van der Waals surface area contributed by atoms with Crippen molar-refractivity contribution >= 4 is 11.6 Å². The second-order valence-corrected chi connectivity index (χ2v) is 7.75. The van der Waals surface area contributed by atoms with Crippen LogP contribution in [0.4, 0.5) is 0 Å². The van der Waals surface area contributed by atoms with Crippen LogP contribution in [0.5, 0.6) is 11.5 Å². The molecule has 3 heterocycles. The zero-order valence-corrected chi connectivity index (χ0v) is 17.8. The summed E-state index contributed by atoms with van der Waals surface area (Å²) in [5, 5.41) is 7.57. The number of rotatable bonds is 8. The van der Waals surface area contributed by atoms with Crippen LogP contribution >= 0.6 is 0 Å². The van der Waals surface area contributed by atoms with Crippen LogP contribution < -0.4 is 14.8 Å². The molecule has 4 rings (SSSR count). The molecule has 7 heteroatoms. The lowest BCUT2D eigenvalue weighted by atomic mass is 9.99. The zero-order valence-electron chi connectivity index (χ0n) is 17.8. The van der Waals surface area contributed by atoms with E-state index in [1.807, 2.05) is 25.1 Å². The first-order valence-electron chi connectivity index (χ1n) is 10.6. The zero-order chi connectivity index (χ0) is 21.1. The molecule has 3 aromatic rings. The third kappa shape index (κ3) is 3.84. The fourth-order valence-corrected chi connectivity index (χ4v) is 3.81. The Balaban J connectivity index is 1.56. The van der Waals surface area contributed by atoms with Gasteiger partial charge in [-0.25, -0.2) is 9.50 Å². The number of fused-ring (bicyclic) bond motifs is 2. The molecule has 1 N–H and O–H groups in total. The highest BCUT2D eigenvalue weighted by molar-refractivity contribution is 5.95. The van der Waals surface area contributed by atoms with E-state index in [1.165, 1.54) is 12.8 Å². The number of nitrogens with zero attached hydrogens (tertiary/aromatic N) is 3. The molecule has 0 unspecified atom stereocenters. The van der Waals surface area contributed by atoms with E-state index in [4.69, 9.17) is 9.47 Å². The maximum atomic E-state index is 12.8. The Bertz CT molecular complexity index is 1060. The summed E-state index contributed by atoms with van der Waals surface area (Å²) >= 11 is 0. The first kappa shape index (κ1) is 20.2. The highest BCUT2D eigenvalue weighted by atomic mass is 16.7. The predicted octanol–water partition coefficient (Wildman–Crippen LogP) is 4.38. The molecular weight excluding hydrogens is 380 g/mol.